The van der Waals surface area contributed by atoms with Crippen LogP contribution in [0.5, 0.6) is 5.75 Å². The Labute approximate surface area is 199 Å². The number of carbonyl (C=O) groups excluding carboxylic acids is 2. The van der Waals surface area contributed by atoms with E-state index in [-0.39, 0.29) is 24.0 Å². The lowest BCUT2D eigenvalue weighted by molar-refractivity contribution is -0.139. The zero-order valence-corrected chi connectivity index (χ0v) is 19.9. The van der Waals surface area contributed by atoms with Crippen molar-refractivity contribution in [2.24, 2.45) is 0 Å². The normalized spacial score (nSPS) is 16.6. The lowest BCUT2D eigenvalue weighted by Crippen LogP contribution is -2.46. The molecule has 184 valence electrons. The molecule has 1 atom stereocenters. The molecule has 1 fully saturated rings. The van der Waals surface area contributed by atoms with Gasteiger partial charge in [-0.25, -0.2) is 12.8 Å². The standard InChI is InChI=1S/C24H30FN3O5S/c1-33-22-8-3-2-6-18(22)13-15-26-23(29)24(30)27-16-14-20-7-4-5-17-28(20)34(31,32)21-11-9-19(25)10-12-21/h2-3,6,8-12,20H,4-5,7,13-17H2,1H3,(H,26,29)(H,27,30)/t20-/m0/s1. The van der Waals surface area contributed by atoms with Gasteiger partial charge in [0, 0.05) is 25.7 Å². The Morgan fingerprint density at radius 2 is 1.71 bits per heavy atom. The van der Waals surface area contributed by atoms with E-state index < -0.39 is 27.7 Å². The van der Waals surface area contributed by atoms with Crippen LogP contribution in [0.1, 0.15) is 31.2 Å². The number of hydrogen-bond acceptors (Lipinski definition) is 5. The number of piperidine rings is 1. The van der Waals surface area contributed by atoms with Gasteiger partial charge in [-0.15, -0.1) is 0 Å². The molecule has 8 nitrogen and oxygen atoms in total. The van der Waals surface area contributed by atoms with E-state index in [0.29, 0.717) is 31.6 Å². The maximum atomic E-state index is 13.2. The fourth-order valence-electron chi connectivity index (χ4n) is 4.05. The Kier molecular flexibility index (Phi) is 9.00. The SMILES string of the molecule is COc1ccccc1CCNC(=O)C(=O)NCC[C@@H]1CCCCN1S(=O)(=O)c1ccc(F)cc1. The molecule has 2 aromatic carbocycles. The number of para-hydroxylation sites is 1. The van der Waals surface area contributed by atoms with Crippen LogP contribution in [0.3, 0.4) is 0 Å². The molecule has 3 rings (SSSR count). The third-order valence-electron chi connectivity index (χ3n) is 5.84. The molecule has 0 spiro atoms. The van der Waals surface area contributed by atoms with Crippen molar-refractivity contribution in [2.45, 2.75) is 43.0 Å². The van der Waals surface area contributed by atoms with Crippen LogP contribution in [0.25, 0.3) is 0 Å². The number of carbonyl (C=O) groups is 2. The number of rotatable bonds is 9. The molecule has 2 amide bonds. The first-order valence-electron chi connectivity index (χ1n) is 11.3. The smallest absolute Gasteiger partial charge is 0.309 e. The number of ether oxygens (including phenoxy) is 1. The highest BCUT2D eigenvalue weighted by Gasteiger charge is 2.33. The molecule has 1 aliphatic heterocycles. The Bertz CT molecular complexity index is 1090. The lowest BCUT2D eigenvalue weighted by Gasteiger charge is -2.34. The number of methoxy groups -OCH3 is 1. The van der Waals surface area contributed by atoms with Gasteiger partial charge in [0.1, 0.15) is 11.6 Å². The Morgan fingerprint density at radius 1 is 1.03 bits per heavy atom. The van der Waals surface area contributed by atoms with Gasteiger partial charge < -0.3 is 15.4 Å². The highest BCUT2D eigenvalue weighted by molar-refractivity contribution is 7.89. The minimum Gasteiger partial charge on any atom is -0.496 e. The first-order valence-corrected chi connectivity index (χ1v) is 12.7. The van der Waals surface area contributed by atoms with Gasteiger partial charge in [0.05, 0.1) is 12.0 Å². The molecule has 1 aliphatic rings. The molecule has 1 saturated heterocycles. The number of benzene rings is 2. The van der Waals surface area contributed by atoms with Crippen LogP contribution < -0.4 is 15.4 Å². The lowest BCUT2D eigenvalue weighted by atomic mass is 10.0. The summed E-state index contributed by atoms with van der Waals surface area (Å²) in [5.74, 6) is -1.29. The highest BCUT2D eigenvalue weighted by Crippen LogP contribution is 2.27. The predicted molar refractivity (Wildman–Crippen MR) is 125 cm³/mol. The maximum Gasteiger partial charge on any atom is 0.309 e. The summed E-state index contributed by atoms with van der Waals surface area (Å²) in [5, 5.41) is 5.16. The summed E-state index contributed by atoms with van der Waals surface area (Å²) in [7, 11) is -2.20. The van der Waals surface area contributed by atoms with E-state index in [9.17, 15) is 22.4 Å². The molecule has 0 radical (unpaired) electrons. The van der Waals surface area contributed by atoms with Crippen molar-refractivity contribution < 1.29 is 27.1 Å². The summed E-state index contributed by atoms with van der Waals surface area (Å²) in [6.45, 7) is 0.805. The van der Waals surface area contributed by atoms with Gasteiger partial charge in [-0.2, -0.15) is 4.31 Å². The second kappa shape index (κ2) is 11.9. The topological polar surface area (TPSA) is 105 Å². The van der Waals surface area contributed by atoms with Crippen LogP contribution in [0.2, 0.25) is 0 Å². The fourth-order valence-corrected chi connectivity index (χ4v) is 5.78. The van der Waals surface area contributed by atoms with Gasteiger partial charge in [0.2, 0.25) is 10.0 Å². The molecule has 2 N–H and O–H groups in total. The van der Waals surface area contributed by atoms with E-state index in [1.54, 1.807) is 7.11 Å². The number of hydrogen-bond donors (Lipinski definition) is 2. The number of amides is 2. The zero-order chi connectivity index (χ0) is 24.6. The molecule has 0 aromatic heterocycles. The van der Waals surface area contributed by atoms with Gasteiger partial charge in [-0.05, 0) is 61.6 Å². The third kappa shape index (κ3) is 6.54. The van der Waals surface area contributed by atoms with Crippen LogP contribution >= 0.6 is 0 Å². The first-order chi connectivity index (χ1) is 16.3. The summed E-state index contributed by atoms with van der Waals surface area (Å²) >= 11 is 0. The summed E-state index contributed by atoms with van der Waals surface area (Å²) in [6.07, 6.45) is 3.15. The summed E-state index contributed by atoms with van der Waals surface area (Å²) in [6, 6.07) is 11.9. The van der Waals surface area contributed by atoms with Crippen LogP contribution in [0, 0.1) is 5.82 Å². The number of nitrogens with one attached hydrogen (secondary N) is 2. The third-order valence-corrected chi connectivity index (χ3v) is 7.80. The zero-order valence-electron chi connectivity index (χ0n) is 19.1. The first kappa shape index (κ1) is 25.6. The molecular weight excluding hydrogens is 461 g/mol. The van der Waals surface area contributed by atoms with Gasteiger partial charge in [0.15, 0.2) is 0 Å². The number of halogens is 1. The maximum absolute atomic E-state index is 13.2. The van der Waals surface area contributed by atoms with Crippen LogP contribution in [-0.4, -0.2) is 57.3 Å². The van der Waals surface area contributed by atoms with Crippen molar-refractivity contribution in [3.63, 3.8) is 0 Å². The Morgan fingerprint density at radius 3 is 2.41 bits per heavy atom. The van der Waals surface area contributed by atoms with Crippen molar-refractivity contribution in [3.8, 4) is 5.75 Å². The molecular formula is C24H30FN3O5S. The molecule has 1 heterocycles. The predicted octanol–water partition coefficient (Wildman–Crippen LogP) is 2.24. The second-order valence-electron chi connectivity index (χ2n) is 8.08. The molecule has 0 bridgehead atoms. The van der Waals surface area contributed by atoms with Crippen molar-refractivity contribution in [1.29, 1.82) is 0 Å². The van der Waals surface area contributed by atoms with E-state index in [1.807, 2.05) is 24.3 Å². The summed E-state index contributed by atoms with van der Waals surface area (Å²) in [4.78, 5) is 24.3. The number of nitrogens with zero attached hydrogens (tertiary/aromatic N) is 1. The largest absolute Gasteiger partial charge is 0.496 e. The molecule has 34 heavy (non-hydrogen) atoms. The van der Waals surface area contributed by atoms with Gasteiger partial charge in [-0.1, -0.05) is 24.6 Å². The van der Waals surface area contributed by atoms with E-state index in [0.717, 1.165) is 30.5 Å². The van der Waals surface area contributed by atoms with Crippen molar-refractivity contribution in [1.82, 2.24) is 14.9 Å². The van der Waals surface area contributed by atoms with Gasteiger partial charge in [0.25, 0.3) is 0 Å². The Hall–Kier alpha value is -2.98. The van der Waals surface area contributed by atoms with Crippen LogP contribution in [0.4, 0.5) is 4.39 Å². The van der Waals surface area contributed by atoms with Crippen molar-refractivity contribution in [2.75, 3.05) is 26.7 Å². The monoisotopic (exact) mass is 491 g/mol. The number of sulfonamides is 1. The molecule has 0 unspecified atom stereocenters. The molecule has 2 aromatic rings. The van der Waals surface area contributed by atoms with E-state index >= 15 is 0 Å². The molecule has 10 heteroatoms. The van der Waals surface area contributed by atoms with Gasteiger partial charge in [-0.3, -0.25) is 9.59 Å². The van der Waals surface area contributed by atoms with Crippen molar-refractivity contribution >= 4 is 21.8 Å². The highest BCUT2D eigenvalue weighted by atomic mass is 32.2. The van der Waals surface area contributed by atoms with Crippen molar-refractivity contribution in [3.05, 3.63) is 59.9 Å². The quantitative estimate of drug-likeness (QED) is 0.524. The average molecular weight is 492 g/mol. The van der Waals surface area contributed by atoms with E-state index in [4.69, 9.17) is 4.74 Å². The Balaban J connectivity index is 1.48. The fraction of sp³-hybridized carbons (Fsp3) is 0.417. The summed E-state index contributed by atoms with van der Waals surface area (Å²) < 4.78 is 46.0. The van der Waals surface area contributed by atoms with Crippen LogP contribution in [0.15, 0.2) is 53.4 Å². The second-order valence-corrected chi connectivity index (χ2v) is 9.97. The van der Waals surface area contributed by atoms with Gasteiger partial charge >= 0.3 is 11.8 Å². The average Bonchev–Trinajstić information content (AvgIpc) is 2.84. The minimum atomic E-state index is -3.77. The molecule has 0 saturated carbocycles. The van der Waals surface area contributed by atoms with E-state index in [2.05, 4.69) is 10.6 Å². The molecule has 0 aliphatic carbocycles. The summed E-state index contributed by atoms with van der Waals surface area (Å²) in [5.41, 5.74) is 0.922. The van der Waals surface area contributed by atoms with Crippen LogP contribution in [-0.2, 0) is 26.0 Å². The van der Waals surface area contributed by atoms with E-state index in [1.165, 1.54) is 16.4 Å². The minimum absolute atomic E-state index is 0.0410.